The van der Waals surface area contributed by atoms with Gasteiger partial charge in [-0.05, 0) is 48.7 Å². The van der Waals surface area contributed by atoms with E-state index in [-0.39, 0.29) is 31.1 Å². The van der Waals surface area contributed by atoms with Gasteiger partial charge in [0.25, 0.3) is 5.91 Å². The fraction of sp³-hybridized carbons (Fsp3) is 0.440. The molecule has 2 heterocycles. The van der Waals surface area contributed by atoms with E-state index in [0.717, 1.165) is 18.4 Å². The monoisotopic (exact) mass is 470 g/mol. The summed E-state index contributed by atoms with van der Waals surface area (Å²) in [6, 6.07) is 11.8. The number of anilines is 1. The summed E-state index contributed by atoms with van der Waals surface area (Å²) in [5.41, 5.74) is 1.87. The lowest BCUT2D eigenvalue weighted by atomic mass is 9.95. The van der Waals surface area contributed by atoms with Gasteiger partial charge in [-0.15, -0.1) is 0 Å². The van der Waals surface area contributed by atoms with E-state index in [1.165, 1.54) is 14.2 Å². The Labute approximate surface area is 198 Å². The zero-order chi connectivity index (χ0) is 24.1. The molecule has 0 spiro atoms. The van der Waals surface area contributed by atoms with Gasteiger partial charge in [0, 0.05) is 30.5 Å². The van der Waals surface area contributed by atoms with E-state index in [0.29, 0.717) is 36.0 Å². The van der Waals surface area contributed by atoms with Crippen molar-refractivity contribution in [2.75, 3.05) is 46.0 Å². The standard InChI is InChI=1S/C25H30N2O7/c1-31-21-8-5-17(13-22(21)32-2)25(30)26-18-6-3-16(4-7-18)24-20(14-28)27(23(29)15-34-24)19-9-11-33-12-10-19/h3-8,13,19-20,24,28H,9-12,14-15H2,1-2H3,(H,26,30)/t20-,24-/m1/s1. The van der Waals surface area contributed by atoms with Crippen molar-refractivity contribution >= 4 is 17.5 Å². The molecular weight excluding hydrogens is 440 g/mol. The van der Waals surface area contributed by atoms with Crippen molar-refractivity contribution in [1.82, 2.24) is 4.90 Å². The number of morpholine rings is 1. The van der Waals surface area contributed by atoms with E-state index in [1.807, 2.05) is 12.1 Å². The molecule has 2 saturated heterocycles. The highest BCUT2D eigenvalue weighted by molar-refractivity contribution is 6.04. The van der Waals surface area contributed by atoms with Gasteiger partial charge >= 0.3 is 0 Å². The van der Waals surface area contributed by atoms with Crippen LogP contribution in [0.15, 0.2) is 42.5 Å². The van der Waals surface area contributed by atoms with Gasteiger partial charge in [-0.25, -0.2) is 0 Å². The summed E-state index contributed by atoms with van der Waals surface area (Å²) in [4.78, 5) is 27.1. The second-order valence-electron chi connectivity index (χ2n) is 8.27. The van der Waals surface area contributed by atoms with Crippen LogP contribution in [0.3, 0.4) is 0 Å². The zero-order valence-corrected chi connectivity index (χ0v) is 19.4. The minimum Gasteiger partial charge on any atom is -0.493 e. The van der Waals surface area contributed by atoms with Crippen molar-refractivity contribution < 1.29 is 33.6 Å². The Morgan fingerprint density at radius 3 is 2.44 bits per heavy atom. The highest BCUT2D eigenvalue weighted by atomic mass is 16.5. The maximum atomic E-state index is 12.7. The second kappa shape index (κ2) is 10.9. The normalized spacial score (nSPS) is 21.3. The smallest absolute Gasteiger partial charge is 0.255 e. The Bertz CT molecular complexity index is 1000. The van der Waals surface area contributed by atoms with Gasteiger partial charge in [0.05, 0.1) is 26.9 Å². The fourth-order valence-electron chi connectivity index (χ4n) is 4.55. The number of aliphatic hydroxyl groups is 1. The van der Waals surface area contributed by atoms with Gasteiger partial charge in [0.1, 0.15) is 12.7 Å². The Hall–Kier alpha value is -3.14. The summed E-state index contributed by atoms with van der Waals surface area (Å²) in [7, 11) is 3.05. The maximum Gasteiger partial charge on any atom is 0.255 e. The molecule has 2 amide bonds. The Morgan fingerprint density at radius 2 is 1.79 bits per heavy atom. The van der Waals surface area contributed by atoms with E-state index in [1.54, 1.807) is 35.2 Å². The number of ether oxygens (including phenoxy) is 4. The Kier molecular flexibility index (Phi) is 7.66. The topological polar surface area (TPSA) is 107 Å². The van der Waals surface area contributed by atoms with Crippen LogP contribution in [0.1, 0.15) is 34.9 Å². The van der Waals surface area contributed by atoms with Crippen LogP contribution in [-0.2, 0) is 14.3 Å². The van der Waals surface area contributed by atoms with Crippen molar-refractivity contribution in [2.24, 2.45) is 0 Å². The van der Waals surface area contributed by atoms with E-state index in [9.17, 15) is 14.7 Å². The third kappa shape index (κ3) is 5.01. The van der Waals surface area contributed by atoms with E-state index in [4.69, 9.17) is 18.9 Å². The molecule has 9 nitrogen and oxygen atoms in total. The highest BCUT2D eigenvalue weighted by Crippen LogP contribution is 2.33. The van der Waals surface area contributed by atoms with Crippen LogP contribution in [0.25, 0.3) is 0 Å². The van der Waals surface area contributed by atoms with Gasteiger partial charge in [0.15, 0.2) is 11.5 Å². The van der Waals surface area contributed by atoms with Crippen molar-refractivity contribution in [3.63, 3.8) is 0 Å². The number of carbonyl (C=O) groups excluding carboxylic acids is 2. The molecule has 2 N–H and O–H groups in total. The minimum atomic E-state index is -0.475. The van der Waals surface area contributed by atoms with E-state index >= 15 is 0 Å². The first-order chi connectivity index (χ1) is 16.5. The molecule has 2 fully saturated rings. The summed E-state index contributed by atoms with van der Waals surface area (Å²) in [5, 5.41) is 13.0. The van der Waals surface area contributed by atoms with E-state index in [2.05, 4.69) is 5.32 Å². The average molecular weight is 471 g/mol. The van der Waals surface area contributed by atoms with Crippen molar-refractivity contribution in [3.8, 4) is 11.5 Å². The van der Waals surface area contributed by atoms with Gasteiger partial charge < -0.3 is 34.3 Å². The summed E-state index contributed by atoms with van der Waals surface area (Å²) < 4.78 is 21.8. The van der Waals surface area contributed by atoms with Crippen LogP contribution in [0, 0.1) is 0 Å². The predicted molar refractivity (Wildman–Crippen MR) is 124 cm³/mol. The molecule has 0 aliphatic carbocycles. The molecule has 34 heavy (non-hydrogen) atoms. The molecule has 2 atom stereocenters. The molecule has 0 aromatic heterocycles. The van der Waals surface area contributed by atoms with Crippen LogP contribution >= 0.6 is 0 Å². The first kappa shape index (κ1) is 24.0. The Morgan fingerprint density at radius 1 is 1.09 bits per heavy atom. The molecule has 0 radical (unpaired) electrons. The number of amides is 2. The van der Waals surface area contributed by atoms with Crippen LogP contribution in [-0.4, -0.2) is 74.6 Å². The number of benzene rings is 2. The summed E-state index contributed by atoms with van der Waals surface area (Å²) in [6.07, 6.45) is 1.03. The molecule has 4 rings (SSSR count). The molecular formula is C25H30N2O7. The lowest BCUT2D eigenvalue weighted by molar-refractivity contribution is -0.168. The zero-order valence-electron chi connectivity index (χ0n) is 19.4. The molecule has 0 saturated carbocycles. The Balaban J connectivity index is 1.47. The van der Waals surface area contributed by atoms with Crippen LogP contribution in [0.5, 0.6) is 11.5 Å². The summed E-state index contributed by atoms with van der Waals surface area (Å²) in [5.74, 6) is 0.620. The molecule has 2 aromatic rings. The second-order valence-corrected chi connectivity index (χ2v) is 8.27. The third-order valence-corrected chi connectivity index (χ3v) is 6.30. The molecule has 0 bridgehead atoms. The van der Waals surface area contributed by atoms with Crippen molar-refractivity contribution in [1.29, 1.82) is 0 Å². The summed E-state index contributed by atoms with van der Waals surface area (Å²) in [6.45, 7) is 0.973. The quantitative estimate of drug-likeness (QED) is 0.640. The number of rotatable bonds is 7. The first-order valence-corrected chi connectivity index (χ1v) is 11.3. The molecule has 9 heteroatoms. The SMILES string of the molecule is COc1ccc(C(=O)Nc2ccc([C@H]3OCC(=O)N(C4CCOCC4)[C@@H]3CO)cc2)cc1OC. The van der Waals surface area contributed by atoms with Crippen LogP contribution < -0.4 is 14.8 Å². The molecule has 2 aromatic carbocycles. The molecule has 2 aliphatic heterocycles. The third-order valence-electron chi connectivity index (χ3n) is 6.30. The minimum absolute atomic E-state index is 0.0314. The predicted octanol–water partition coefficient (Wildman–Crippen LogP) is 2.40. The molecule has 182 valence electrons. The van der Waals surface area contributed by atoms with Gasteiger partial charge in [-0.3, -0.25) is 9.59 Å². The van der Waals surface area contributed by atoms with Gasteiger partial charge in [0.2, 0.25) is 5.91 Å². The number of nitrogens with one attached hydrogen (secondary N) is 1. The largest absolute Gasteiger partial charge is 0.493 e. The maximum absolute atomic E-state index is 12.7. The number of hydrogen-bond donors (Lipinski definition) is 2. The van der Waals surface area contributed by atoms with Crippen LogP contribution in [0.2, 0.25) is 0 Å². The molecule has 2 aliphatic rings. The number of hydrogen-bond acceptors (Lipinski definition) is 7. The number of methoxy groups -OCH3 is 2. The lowest BCUT2D eigenvalue weighted by Gasteiger charge is -2.45. The lowest BCUT2D eigenvalue weighted by Crippen LogP contribution is -2.57. The fourth-order valence-corrected chi connectivity index (χ4v) is 4.55. The van der Waals surface area contributed by atoms with Crippen molar-refractivity contribution in [3.05, 3.63) is 53.6 Å². The van der Waals surface area contributed by atoms with Gasteiger partial charge in [-0.1, -0.05) is 12.1 Å². The molecule has 0 unspecified atom stereocenters. The van der Waals surface area contributed by atoms with E-state index < -0.39 is 12.1 Å². The summed E-state index contributed by atoms with van der Waals surface area (Å²) >= 11 is 0. The number of nitrogens with zero attached hydrogens (tertiary/aromatic N) is 1. The first-order valence-electron chi connectivity index (χ1n) is 11.3. The number of aliphatic hydroxyl groups excluding tert-OH is 1. The average Bonchev–Trinajstić information content (AvgIpc) is 2.89. The van der Waals surface area contributed by atoms with Gasteiger partial charge in [-0.2, -0.15) is 0 Å². The number of carbonyl (C=O) groups is 2. The highest BCUT2D eigenvalue weighted by Gasteiger charge is 2.41. The van der Waals surface area contributed by atoms with Crippen LogP contribution in [0.4, 0.5) is 5.69 Å². The van der Waals surface area contributed by atoms with Crippen molar-refractivity contribution in [2.45, 2.75) is 31.0 Å².